The lowest BCUT2D eigenvalue weighted by Gasteiger charge is -2.34. The number of thioether (sulfide) groups is 1. The van der Waals surface area contributed by atoms with Gasteiger partial charge >= 0.3 is 0 Å². The van der Waals surface area contributed by atoms with Gasteiger partial charge in [-0.3, -0.25) is 4.79 Å². The molecule has 0 spiro atoms. The molecule has 0 aromatic carbocycles. The highest BCUT2D eigenvalue weighted by molar-refractivity contribution is 7.99. The van der Waals surface area contributed by atoms with Crippen LogP contribution in [-0.4, -0.2) is 32.5 Å². The molecule has 136 valence electrons. The molecule has 3 rings (SSSR count). The average molecular weight is 362 g/mol. The van der Waals surface area contributed by atoms with Crippen molar-refractivity contribution in [1.29, 1.82) is 0 Å². The number of nitrogens with one attached hydrogen (secondary N) is 1. The lowest BCUT2D eigenvalue weighted by molar-refractivity contribution is -0.120. The molecule has 0 bridgehead atoms. The Morgan fingerprint density at radius 3 is 2.92 bits per heavy atom. The maximum atomic E-state index is 12.3. The molecule has 0 saturated heterocycles. The van der Waals surface area contributed by atoms with Crippen molar-refractivity contribution in [2.45, 2.75) is 51.2 Å². The summed E-state index contributed by atoms with van der Waals surface area (Å²) in [5, 5.41) is 12.4. The second-order valence-corrected chi connectivity index (χ2v) is 7.93. The minimum Gasteiger partial charge on any atom is -0.469 e. The van der Waals surface area contributed by atoms with Crippen LogP contribution in [0.2, 0.25) is 0 Å². The maximum absolute atomic E-state index is 12.3. The zero-order chi connectivity index (χ0) is 18.0. The van der Waals surface area contributed by atoms with Gasteiger partial charge in [-0.05, 0) is 31.2 Å². The number of furan rings is 1. The van der Waals surface area contributed by atoms with E-state index in [9.17, 15) is 4.79 Å². The van der Waals surface area contributed by atoms with Crippen molar-refractivity contribution in [3.05, 3.63) is 18.1 Å². The Balaban J connectivity index is 1.58. The van der Waals surface area contributed by atoms with Gasteiger partial charge in [0, 0.05) is 13.1 Å². The van der Waals surface area contributed by atoms with Crippen LogP contribution >= 0.6 is 11.8 Å². The van der Waals surface area contributed by atoms with Crippen LogP contribution in [0.5, 0.6) is 0 Å². The van der Waals surface area contributed by atoms with Gasteiger partial charge in [0.25, 0.3) is 0 Å². The zero-order valence-electron chi connectivity index (χ0n) is 15.3. The summed E-state index contributed by atoms with van der Waals surface area (Å²) >= 11 is 1.42. The summed E-state index contributed by atoms with van der Waals surface area (Å²) in [5.74, 6) is 3.20. The lowest BCUT2D eigenvalue weighted by Crippen LogP contribution is -2.44. The van der Waals surface area contributed by atoms with E-state index in [0.717, 1.165) is 28.7 Å². The Hall–Kier alpha value is -1.76. The van der Waals surface area contributed by atoms with E-state index in [-0.39, 0.29) is 5.91 Å². The summed E-state index contributed by atoms with van der Waals surface area (Å²) in [6.07, 6.45) is 5.18. The van der Waals surface area contributed by atoms with Crippen molar-refractivity contribution in [2.24, 2.45) is 18.9 Å². The Kier molecular flexibility index (Phi) is 5.51. The average Bonchev–Trinajstić information content (AvgIpc) is 3.15. The van der Waals surface area contributed by atoms with Crippen molar-refractivity contribution in [3.63, 3.8) is 0 Å². The highest BCUT2D eigenvalue weighted by atomic mass is 32.2. The quantitative estimate of drug-likeness (QED) is 0.825. The number of hydrogen-bond acceptors (Lipinski definition) is 5. The third kappa shape index (κ3) is 3.92. The number of carbonyl (C=O) groups is 1. The van der Waals surface area contributed by atoms with Crippen LogP contribution in [0.25, 0.3) is 11.4 Å². The van der Waals surface area contributed by atoms with E-state index in [1.54, 1.807) is 6.26 Å². The number of aromatic nitrogens is 3. The number of aryl methyl sites for hydroxylation is 1. The summed E-state index contributed by atoms with van der Waals surface area (Å²) in [7, 11) is 1.91. The molecule has 1 aliphatic carbocycles. The monoisotopic (exact) mass is 362 g/mol. The molecule has 1 fully saturated rings. The van der Waals surface area contributed by atoms with Crippen LogP contribution in [0.15, 0.2) is 21.9 Å². The van der Waals surface area contributed by atoms with E-state index in [1.165, 1.54) is 24.6 Å². The second kappa shape index (κ2) is 7.64. The van der Waals surface area contributed by atoms with Crippen molar-refractivity contribution >= 4 is 17.7 Å². The molecule has 6 nitrogen and oxygen atoms in total. The molecule has 0 unspecified atom stereocenters. The van der Waals surface area contributed by atoms with Gasteiger partial charge in [0.15, 0.2) is 11.0 Å². The van der Waals surface area contributed by atoms with E-state index < -0.39 is 0 Å². The molecule has 3 atom stereocenters. The van der Waals surface area contributed by atoms with E-state index in [0.29, 0.717) is 23.6 Å². The van der Waals surface area contributed by atoms with Crippen LogP contribution in [0.3, 0.4) is 0 Å². The second-order valence-electron chi connectivity index (χ2n) is 6.99. The molecular formula is C18H26N4O2S. The lowest BCUT2D eigenvalue weighted by atomic mass is 9.78. The fraction of sp³-hybridized carbons (Fsp3) is 0.611. The molecule has 1 aliphatic rings. The summed E-state index contributed by atoms with van der Waals surface area (Å²) in [6.45, 7) is 6.41. The SMILES string of the molecule is Cc1occc1-c1nnc(SCC(=O)N[C@@H]2CCC[C@@H](C)[C@@H]2C)n1C. The molecule has 1 N–H and O–H groups in total. The van der Waals surface area contributed by atoms with Gasteiger partial charge in [0.1, 0.15) is 5.76 Å². The predicted octanol–water partition coefficient (Wildman–Crippen LogP) is 3.42. The molecule has 2 heterocycles. The van der Waals surface area contributed by atoms with Crippen molar-refractivity contribution in [2.75, 3.05) is 5.75 Å². The summed E-state index contributed by atoms with van der Waals surface area (Å²) in [5.41, 5.74) is 0.927. The van der Waals surface area contributed by atoms with Crippen molar-refractivity contribution < 1.29 is 9.21 Å². The van der Waals surface area contributed by atoms with Gasteiger partial charge in [0.2, 0.25) is 5.91 Å². The third-order valence-corrected chi connectivity index (χ3v) is 6.34. The highest BCUT2D eigenvalue weighted by Gasteiger charge is 2.28. The highest BCUT2D eigenvalue weighted by Crippen LogP contribution is 2.30. The fourth-order valence-electron chi connectivity index (χ4n) is 3.46. The largest absolute Gasteiger partial charge is 0.469 e. The molecular weight excluding hydrogens is 336 g/mol. The standard InChI is InChI=1S/C18H26N4O2S/c1-11-6-5-7-15(12(11)2)19-16(23)10-25-18-21-20-17(22(18)4)14-8-9-24-13(14)3/h8-9,11-12,15H,5-7,10H2,1-4H3,(H,19,23)/t11-,12+,15-/m1/s1. The van der Waals surface area contributed by atoms with Gasteiger partial charge in [-0.2, -0.15) is 0 Å². The van der Waals surface area contributed by atoms with Gasteiger partial charge in [0.05, 0.1) is 17.6 Å². The van der Waals surface area contributed by atoms with E-state index in [1.807, 2.05) is 24.6 Å². The van der Waals surface area contributed by atoms with Gasteiger partial charge in [-0.15, -0.1) is 10.2 Å². The maximum Gasteiger partial charge on any atom is 0.230 e. The summed E-state index contributed by atoms with van der Waals surface area (Å²) < 4.78 is 7.24. The van der Waals surface area contributed by atoms with Gasteiger partial charge in [-0.1, -0.05) is 38.5 Å². The van der Waals surface area contributed by atoms with Crippen LogP contribution in [0.4, 0.5) is 0 Å². The number of amides is 1. The number of nitrogens with zero attached hydrogens (tertiary/aromatic N) is 3. The number of hydrogen-bond donors (Lipinski definition) is 1. The van der Waals surface area contributed by atoms with E-state index >= 15 is 0 Å². The first-order valence-electron chi connectivity index (χ1n) is 8.83. The molecule has 2 aromatic heterocycles. The van der Waals surface area contributed by atoms with Gasteiger partial charge < -0.3 is 14.3 Å². The Bertz CT molecular complexity index is 739. The van der Waals surface area contributed by atoms with Crippen LogP contribution in [0.1, 0.15) is 38.9 Å². The minimum absolute atomic E-state index is 0.0694. The molecule has 0 radical (unpaired) electrons. The molecule has 7 heteroatoms. The smallest absolute Gasteiger partial charge is 0.230 e. The first-order chi connectivity index (χ1) is 12.0. The molecule has 0 aliphatic heterocycles. The van der Waals surface area contributed by atoms with Crippen LogP contribution in [0, 0.1) is 18.8 Å². The fourth-order valence-corrected chi connectivity index (χ4v) is 4.18. The molecule has 2 aromatic rings. The Morgan fingerprint density at radius 2 is 2.20 bits per heavy atom. The van der Waals surface area contributed by atoms with Gasteiger partial charge in [-0.25, -0.2) is 0 Å². The number of carbonyl (C=O) groups excluding carboxylic acids is 1. The topological polar surface area (TPSA) is 72.9 Å². The van der Waals surface area contributed by atoms with Crippen LogP contribution < -0.4 is 5.32 Å². The Morgan fingerprint density at radius 1 is 1.40 bits per heavy atom. The molecule has 25 heavy (non-hydrogen) atoms. The van der Waals surface area contributed by atoms with Crippen molar-refractivity contribution in [3.8, 4) is 11.4 Å². The van der Waals surface area contributed by atoms with E-state index in [4.69, 9.17) is 4.42 Å². The Labute approximate surface area is 152 Å². The first kappa shape index (κ1) is 18.0. The van der Waals surface area contributed by atoms with Crippen molar-refractivity contribution in [1.82, 2.24) is 20.1 Å². The molecule has 1 amide bonds. The third-order valence-electron chi connectivity index (χ3n) is 5.32. The van der Waals surface area contributed by atoms with E-state index in [2.05, 4.69) is 29.4 Å². The minimum atomic E-state index is 0.0694. The summed E-state index contributed by atoms with van der Waals surface area (Å²) in [4.78, 5) is 12.3. The zero-order valence-corrected chi connectivity index (χ0v) is 16.1. The summed E-state index contributed by atoms with van der Waals surface area (Å²) in [6, 6.07) is 2.17. The first-order valence-corrected chi connectivity index (χ1v) is 9.82. The number of rotatable bonds is 5. The van der Waals surface area contributed by atoms with Crippen LogP contribution in [-0.2, 0) is 11.8 Å². The normalized spacial score (nSPS) is 23.6. The molecule has 1 saturated carbocycles. The predicted molar refractivity (Wildman–Crippen MR) is 98.3 cm³/mol.